The van der Waals surface area contributed by atoms with Gasteiger partial charge in [0.15, 0.2) is 0 Å². The highest BCUT2D eigenvalue weighted by atomic mass is 32.2. The Kier molecular flexibility index (Phi) is 4.23. The first-order valence-electron chi connectivity index (χ1n) is 6.10. The van der Waals surface area contributed by atoms with Gasteiger partial charge >= 0.3 is 10.2 Å². The monoisotopic (exact) mass is 285 g/mol. The average molecular weight is 285 g/mol. The van der Waals surface area contributed by atoms with Gasteiger partial charge in [0, 0.05) is 46.5 Å². The van der Waals surface area contributed by atoms with E-state index in [1.165, 1.54) is 10.5 Å². The SMILES string of the molecule is CN(C)c1ccncc1NS(=O)(=O)N1CCNCC1. The Morgan fingerprint density at radius 2 is 2.05 bits per heavy atom. The molecule has 0 unspecified atom stereocenters. The molecule has 0 spiro atoms. The van der Waals surface area contributed by atoms with E-state index < -0.39 is 10.2 Å². The average Bonchev–Trinajstić information content (AvgIpc) is 2.39. The molecule has 106 valence electrons. The van der Waals surface area contributed by atoms with Crippen molar-refractivity contribution in [2.45, 2.75) is 0 Å². The zero-order chi connectivity index (χ0) is 13.9. The van der Waals surface area contributed by atoms with Gasteiger partial charge < -0.3 is 10.2 Å². The van der Waals surface area contributed by atoms with Gasteiger partial charge in [-0.15, -0.1) is 0 Å². The van der Waals surface area contributed by atoms with Crippen LogP contribution in [0.25, 0.3) is 0 Å². The predicted octanol–water partition coefficient (Wildman–Crippen LogP) is -0.290. The standard InChI is InChI=1S/C11H19N5O2S/c1-15(2)11-3-4-13-9-10(11)14-19(17,18)16-7-5-12-6-8-16/h3-4,9,12,14H,5-8H2,1-2H3. The summed E-state index contributed by atoms with van der Waals surface area (Å²) in [6.45, 7) is 2.31. The van der Waals surface area contributed by atoms with Crippen molar-refractivity contribution in [2.24, 2.45) is 0 Å². The van der Waals surface area contributed by atoms with Crippen LogP contribution in [0.15, 0.2) is 18.5 Å². The van der Waals surface area contributed by atoms with Gasteiger partial charge in [0.05, 0.1) is 17.6 Å². The highest BCUT2D eigenvalue weighted by Gasteiger charge is 2.24. The maximum atomic E-state index is 12.3. The van der Waals surface area contributed by atoms with Crippen LogP contribution in [0, 0.1) is 0 Å². The maximum Gasteiger partial charge on any atom is 0.301 e. The smallest absolute Gasteiger partial charge is 0.301 e. The molecule has 1 aliphatic heterocycles. The Morgan fingerprint density at radius 3 is 2.68 bits per heavy atom. The fourth-order valence-electron chi connectivity index (χ4n) is 1.94. The first-order chi connectivity index (χ1) is 9.00. The maximum absolute atomic E-state index is 12.3. The third-order valence-electron chi connectivity index (χ3n) is 2.93. The lowest BCUT2D eigenvalue weighted by Gasteiger charge is -2.27. The van der Waals surface area contributed by atoms with Crippen LogP contribution < -0.4 is 14.9 Å². The Hall–Kier alpha value is -1.38. The molecule has 1 aromatic heterocycles. The molecule has 2 N–H and O–H groups in total. The minimum Gasteiger partial charge on any atom is -0.376 e. The molecule has 0 saturated carbocycles. The summed E-state index contributed by atoms with van der Waals surface area (Å²) in [6, 6.07) is 1.77. The summed E-state index contributed by atoms with van der Waals surface area (Å²) in [5.74, 6) is 0. The summed E-state index contributed by atoms with van der Waals surface area (Å²) in [4.78, 5) is 5.82. The molecule has 0 radical (unpaired) electrons. The molecule has 0 aromatic carbocycles. The molecule has 8 heteroatoms. The highest BCUT2D eigenvalue weighted by molar-refractivity contribution is 7.90. The Morgan fingerprint density at radius 1 is 1.37 bits per heavy atom. The van der Waals surface area contributed by atoms with E-state index in [0.29, 0.717) is 31.9 Å². The fourth-order valence-corrected chi connectivity index (χ4v) is 3.17. The van der Waals surface area contributed by atoms with E-state index in [1.54, 1.807) is 12.3 Å². The summed E-state index contributed by atoms with van der Waals surface area (Å²) in [6.07, 6.45) is 3.16. The van der Waals surface area contributed by atoms with Crippen molar-refractivity contribution < 1.29 is 8.42 Å². The largest absolute Gasteiger partial charge is 0.376 e. The van der Waals surface area contributed by atoms with Crippen LogP contribution >= 0.6 is 0 Å². The molecule has 1 aliphatic rings. The lowest BCUT2D eigenvalue weighted by molar-refractivity contribution is 0.362. The molecule has 2 heterocycles. The molecule has 1 saturated heterocycles. The van der Waals surface area contributed by atoms with Crippen molar-refractivity contribution in [2.75, 3.05) is 49.9 Å². The van der Waals surface area contributed by atoms with Crippen molar-refractivity contribution in [1.82, 2.24) is 14.6 Å². The summed E-state index contributed by atoms with van der Waals surface area (Å²) in [5, 5.41) is 3.13. The van der Waals surface area contributed by atoms with Gasteiger partial charge in [-0.05, 0) is 6.07 Å². The van der Waals surface area contributed by atoms with E-state index in [0.717, 1.165) is 5.69 Å². The van der Waals surface area contributed by atoms with Gasteiger partial charge in [-0.25, -0.2) is 0 Å². The van der Waals surface area contributed by atoms with Gasteiger partial charge in [0.1, 0.15) is 0 Å². The Balaban J connectivity index is 2.20. The van der Waals surface area contributed by atoms with Crippen LogP contribution in [-0.4, -0.2) is 58.0 Å². The van der Waals surface area contributed by atoms with Crippen LogP contribution in [0.3, 0.4) is 0 Å². The van der Waals surface area contributed by atoms with E-state index >= 15 is 0 Å². The second kappa shape index (κ2) is 5.72. The van der Waals surface area contributed by atoms with Crippen LogP contribution in [0.4, 0.5) is 11.4 Å². The van der Waals surface area contributed by atoms with Crippen molar-refractivity contribution >= 4 is 21.6 Å². The Bertz CT molecular complexity index is 526. The first kappa shape index (κ1) is 14.0. The highest BCUT2D eigenvalue weighted by Crippen LogP contribution is 2.24. The predicted molar refractivity (Wildman–Crippen MR) is 75.5 cm³/mol. The number of nitrogens with zero attached hydrogens (tertiary/aromatic N) is 3. The lowest BCUT2D eigenvalue weighted by atomic mass is 10.3. The van der Waals surface area contributed by atoms with E-state index in [9.17, 15) is 8.42 Å². The number of rotatable bonds is 4. The van der Waals surface area contributed by atoms with Gasteiger partial charge in [0.25, 0.3) is 0 Å². The third kappa shape index (κ3) is 3.34. The second-order valence-electron chi connectivity index (χ2n) is 4.54. The van der Waals surface area contributed by atoms with Crippen molar-refractivity contribution in [3.05, 3.63) is 18.5 Å². The van der Waals surface area contributed by atoms with Crippen LogP contribution in [-0.2, 0) is 10.2 Å². The number of piperazine rings is 1. The molecule has 1 fully saturated rings. The summed E-state index contributed by atoms with van der Waals surface area (Å²) >= 11 is 0. The minimum atomic E-state index is -3.52. The van der Waals surface area contributed by atoms with Gasteiger partial charge in [0.2, 0.25) is 0 Å². The second-order valence-corrected chi connectivity index (χ2v) is 6.21. The number of pyridine rings is 1. The first-order valence-corrected chi connectivity index (χ1v) is 7.54. The number of aromatic nitrogens is 1. The molecule has 2 rings (SSSR count). The Labute approximate surface area is 113 Å². The van der Waals surface area contributed by atoms with Crippen LogP contribution in [0.2, 0.25) is 0 Å². The zero-order valence-electron chi connectivity index (χ0n) is 11.1. The van der Waals surface area contributed by atoms with E-state index in [2.05, 4.69) is 15.0 Å². The van der Waals surface area contributed by atoms with Gasteiger partial charge in [-0.2, -0.15) is 12.7 Å². The number of anilines is 2. The third-order valence-corrected chi connectivity index (χ3v) is 4.46. The van der Waals surface area contributed by atoms with Crippen molar-refractivity contribution in [3.63, 3.8) is 0 Å². The quantitative estimate of drug-likeness (QED) is 0.795. The van der Waals surface area contributed by atoms with Crippen molar-refractivity contribution in [3.8, 4) is 0 Å². The molecule has 0 atom stereocenters. The summed E-state index contributed by atoms with van der Waals surface area (Å²) in [7, 11) is 0.202. The fraction of sp³-hybridized carbons (Fsp3) is 0.545. The molecule has 0 amide bonds. The van der Waals surface area contributed by atoms with Gasteiger partial charge in [-0.1, -0.05) is 0 Å². The molecular weight excluding hydrogens is 266 g/mol. The van der Waals surface area contributed by atoms with E-state index in [1.807, 2.05) is 19.0 Å². The zero-order valence-corrected chi connectivity index (χ0v) is 11.9. The number of hydrogen-bond acceptors (Lipinski definition) is 5. The number of hydrogen-bond donors (Lipinski definition) is 2. The van der Waals surface area contributed by atoms with Crippen molar-refractivity contribution in [1.29, 1.82) is 0 Å². The van der Waals surface area contributed by atoms with Crippen LogP contribution in [0.5, 0.6) is 0 Å². The van der Waals surface area contributed by atoms with E-state index in [4.69, 9.17) is 0 Å². The topological polar surface area (TPSA) is 77.6 Å². The molecule has 0 bridgehead atoms. The normalized spacial score (nSPS) is 17.2. The molecule has 1 aromatic rings. The van der Waals surface area contributed by atoms with E-state index in [-0.39, 0.29) is 0 Å². The molecular formula is C11H19N5O2S. The molecule has 0 aliphatic carbocycles. The number of nitrogens with one attached hydrogen (secondary N) is 2. The van der Waals surface area contributed by atoms with Crippen LogP contribution in [0.1, 0.15) is 0 Å². The lowest BCUT2D eigenvalue weighted by Crippen LogP contribution is -2.48. The summed E-state index contributed by atoms with van der Waals surface area (Å²) in [5.41, 5.74) is 1.28. The minimum absolute atomic E-state index is 0.479. The molecule has 19 heavy (non-hydrogen) atoms. The summed E-state index contributed by atoms with van der Waals surface area (Å²) < 4.78 is 28.6. The van der Waals surface area contributed by atoms with Gasteiger partial charge in [-0.3, -0.25) is 9.71 Å². The molecule has 7 nitrogen and oxygen atoms in total.